The smallest absolute Gasteiger partial charge is 0.254 e. The van der Waals surface area contributed by atoms with Crippen molar-refractivity contribution in [1.82, 2.24) is 14.8 Å². The quantitative estimate of drug-likeness (QED) is 0.860. The lowest BCUT2D eigenvalue weighted by molar-refractivity contribution is 0.0716. The molecule has 2 heterocycles. The third-order valence-corrected chi connectivity index (χ3v) is 3.24. The Morgan fingerprint density at radius 3 is 3.06 bits per heavy atom. The minimum absolute atomic E-state index is 0.0634. The van der Waals surface area contributed by atoms with E-state index in [4.69, 9.17) is 5.73 Å². The van der Waals surface area contributed by atoms with Gasteiger partial charge in [-0.3, -0.25) is 4.79 Å². The van der Waals surface area contributed by atoms with E-state index in [0.29, 0.717) is 17.4 Å². The summed E-state index contributed by atoms with van der Waals surface area (Å²) >= 11 is 0. The van der Waals surface area contributed by atoms with Gasteiger partial charge in [-0.2, -0.15) is 0 Å². The number of pyridine rings is 1. The second-order valence-corrected chi connectivity index (χ2v) is 5.03. The Morgan fingerprint density at radius 2 is 2.39 bits per heavy atom. The molecule has 98 valence electrons. The first kappa shape index (κ1) is 12.8. The number of nitrogens with two attached hydrogens (primary N) is 1. The largest absolute Gasteiger partial charge is 0.384 e. The molecule has 1 saturated heterocycles. The first-order chi connectivity index (χ1) is 8.58. The molecule has 1 aromatic rings. The predicted molar refractivity (Wildman–Crippen MR) is 71.3 cm³/mol. The second-order valence-electron chi connectivity index (χ2n) is 5.03. The number of nitrogens with zero attached hydrogens (tertiary/aromatic N) is 3. The maximum Gasteiger partial charge on any atom is 0.254 e. The van der Waals surface area contributed by atoms with Gasteiger partial charge >= 0.3 is 0 Å². The molecule has 0 spiro atoms. The molecule has 0 radical (unpaired) electrons. The van der Waals surface area contributed by atoms with Crippen LogP contribution in [0.2, 0.25) is 0 Å². The van der Waals surface area contributed by atoms with Crippen molar-refractivity contribution in [3.05, 3.63) is 23.9 Å². The molecule has 5 heteroatoms. The third kappa shape index (κ3) is 2.79. The van der Waals surface area contributed by atoms with Crippen LogP contribution in [-0.2, 0) is 0 Å². The fourth-order valence-corrected chi connectivity index (χ4v) is 2.46. The van der Waals surface area contributed by atoms with Crippen LogP contribution in [-0.4, -0.2) is 53.9 Å². The number of nitrogen functional groups attached to an aromatic ring is 1. The average Bonchev–Trinajstić information content (AvgIpc) is 2.75. The standard InChI is InChI=1S/C13H20N4O/c1-16(2)9-11-4-3-7-17(11)13(18)10-5-6-15-12(14)8-10/h5-6,8,11H,3-4,7,9H2,1-2H3,(H2,14,15). The van der Waals surface area contributed by atoms with Crippen molar-refractivity contribution in [2.24, 2.45) is 0 Å². The first-order valence-electron chi connectivity index (χ1n) is 6.25. The van der Waals surface area contributed by atoms with Crippen molar-refractivity contribution in [3.63, 3.8) is 0 Å². The molecule has 2 rings (SSSR count). The maximum atomic E-state index is 12.4. The molecule has 0 aromatic carbocycles. The monoisotopic (exact) mass is 248 g/mol. The van der Waals surface area contributed by atoms with E-state index in [2.05, 4.69) is 9.88 Å². The van der Waals surface area contributed by atoms with Crippen LogP contribution < -0.4 is 5.73 Å². The lowest BCUT2D eigenvalue weighted by Gasteiger charge is -2.27. The topological polar surface area (TPSA) is 62.5 Å². The van der Waals surface area contributed by atoms with Crippen molar-refractivity contribution in [2.45, 2.75) is 18.9 Å². The zero-order valence-electron chi connectivity index (χ0n) is 11.0. The molecule has 0 aliphatic carbocycles. The van der Waals surface area contributed by atoms with Gasteiger partial charge in [0, 0.05) is 30.9 Å². The molecule has 1 aromatic heterocycles. The number of carbonyl (C=O) groups is 1. The molecule has 2 N–H and O–H groups in total. The summed E-state index contributed by atoms with van der Waals surface area (Å²) in [6.07, 6.45) is 3.73. The van der Waals surface area contributed by atoms with Crippen LogP contribution in [0.1, 0.15) is 23.2 Å². The summed E-state index contributed by atoms with van der Waals surface area (Å²) in [6.45, 7) is 1.74. The van der Waals surface area contributed by atoms with Gasteiger partial charge in [0.2, 0.25) is 0 Å². The number of amides is 1. The minimum atomic E-state index is 0.0634. The van der Waals surface area contributed by atoms with E-state index in [9.17, 15) is 4.79 Å². The van der Waals surface area contributed by atoms with E-state index in [0.717, 1.165) is 25.9 Å². The molecule has 1 amide bonds. The second kappa shape index (κ2) is 5.35. The van der Waals surface area contributed by atoms with Crippen molar-refractivity contribution in [3.8, 4) is 0 Å². The van der Waals surface area contributed by atoms with E-state index in [1.807, 2.05) is 19.0 Å². The van der Waals surface area contributed by atoms with Crippen LogP contribution in [0.25, 0.3) is 0 Å². The number of aromatic nitrogens is 1. The third-order valence-electron chi connectivity index (χ3n) is 3.24. The Labute approximate surface area is 108 Å². The number of likely N-dealkylation sites (N-methyl/N-ethyl adjacent to an activating group) is 1. The summed E-state index contributed by atoms with van der Waals surface area (Å²) in [5.41, 5.74) is 6.25. The molecule has 1 fully saturated rings. The molecule has 5 nitrogen and oxygen atoms in total. The van der Waals surface area contributed by atoms with Gasteiger partial charge < -0.3 is 15.5 Å². The van der Waals surface area contributed by atoms with E-state index in [-0.39, 0.29) is 5.91 Å². The Bertz CT molecular complexity index is 433. The minimum Gasteiger partial charge on any atom is -0.384 e. The summed E-state index contributed by atoms with van der Waals surface area (Å²) in [6, 6.07) is 3.68. The molecule has 0 bridgehead atoms. The van der Waals surface area contributed by atoms with Gasteiger partial charge in [-0.1, -0.05) is 0 Å². The summed E-state index contributed by atoms with van der Waals surface area (Å²) in [5, 5.41) is 0. The van der Waals surface area contributed by atoms with Gasteiger partial charge in [0.15, 0.2) is 0 Å². The van der Waals surface area contributed by atoms with Crippen molar-refractivity contribution >= 4 is 11.7 Å². The highest BCUT2D eigenvalue weighted by atomic mass is 16.2. The molecular formula is C13H20N4O. The Kier molecular flexibility index (Phi) is 3.81. The fraction of sp³-hybridized carbons (Fsp3) is 0.538. The zero-order valence-corrected chi connectivity index (χ0v) is 11.0. The van der Waals surface area contributed by atoms with Gasteiger partial charge in [-0.15, -0.1) is 0 Å². The van der Waals surface area contributed by atoms with E-state index in [1.54, 1.807) is 18.3 Å². The molecule has 0 saturated carbocycles. The van der Waals surface area contributed by atoms with Crippen LogP contribution in [0.15, 0.2) is 18.3 Å². The number of rotatable bonds is 3. The highest BCUT2D eigenvalue weighted by Crippen LogP contribution is 2.20. The number of anilines is 1. The van der Waals surface area contributed by atoms with Crippen LogP contribution in [0, 0.1) is 0 Å². The van der Waals surface area contributed by atoms with E-state index >= 15 is 0 Å². The predicted octanol–water partition coefficient (Wildman–Crippen LogP) is 0.830. The van der Waals surface area contributed by atoms with Gasteiger partial charge in [0.05, 0.1) is 0 Å². The summed E-state index contributed by atoms with van der Waals surface area (Å²) in [5.74, 6) is 0.456. The van der Waals surface area contributed by atoms with Gasteiger partial charge in [-0.05, 0) is 39.1 Å². The lowest BCUT2D eigenvalue weighted by atomic mass is 10.2. The first-order valence-corrected chi connectivity index (χ1v) is 6.25. The number of likely N-dealkylation sites (tertiary alicyclic amines) is 1. The zero-order chi connectivity index (χ0) is 13.1. The van der Waals surface area contributed by atoms with Gasteiger partial charge in [0.1, 0.15) is 5.82 Å². The number of hydrogen-bond donors (Lipinski definition) is 1. The highest BCUT2D eigenvalue weighted by Gasteiger charge is 2.29. The molecule has 1 atom stereocenters. The van der Waals surface area contributed by atoms with Crippen LogP contribution in [0.4, 0.5) is 5.82 Å². The van der Waals surface area contributed by atoms with Crippen LogP contribution in [0.3, 0.4) is 0 Å². The Hall–Kier alpha value is -1.62. The lowest BCUT2D eigenvalue weighted by Crippen LogP contribution is -2.41. The Morgan fingerprint density at radius 1 is 1.61 bits per heavy atom. The Balaban J connectivity index is 2.12. The SMILES string of the molecule is CN(C)CC1CCCN1C(=O)c1ccnc(N)c1. The van der Waals surface area contributed by atoms with Crippen molar-refractivity contribution in [1.29, 1.82) is 0 Å². The van der Waals surface area contributed by atoms with Gasteiger partial charge in [-0.25, -0.2) is 4.98 Å². The molecule has 1 unspecified atom stereocenters. The summed E-state index contributed by atoms with van der Waals surface area (Å²) in [7, 11) is 4.07. The highest BCUT2D eigenvalue weighted by molar-refractivity contribution is 5.95. The van der Waals surface area contributed by atoms with Crippen molar-refractivity contribution in [2.75, 3.05) is 32.9 Å². The fourth-order valence-electron chi connectivity index (χ4n) is 2.46. The molecule has 1 aliphatic rings. The molecule has 1 aliphatic heterocycles. The molecule has 18 heavy (non-hydrogen) atoms. The van der Waals surface area contributed by atoms with Crippen molar-refractivity contribution < 1.29 is 4.79 Å². The average molecular weight is 248 g/mol. The normalized spacial score (nSPS) is 19.5. The van der Waals surface area contributed by atoms with Crippen LogP contribution in [0.5, 0.6) is 0 Å². The summed E-state index contributed by atoms with van der Waals surface area (Å²) in [4.78, 5) is 20.4. The summed E-state index contributed by atoms with van der Waals surface area (Å²) < 4.78 is 0. The maximum absolute atomic E-state index is 12.4. The number of hydrogen-bond acceptors (Lipinski definition) is 4. The van der Waals surface area contributed by atoms with E-state index < -0.39 is 0 Å². The van der Waals surface area contributed by atoms with E-state index in [1.165, 1.54) is 0 Å². The number of carbonyl (C=O) groups excluding carboxylic acids is 1. The molecular weight excluding hydrogens is 228 g/mol. The van der Waals surface area contributed by atoms with Gasteiger partial charge in [0.25, 0.3) is 5.91 Å². The van der Waals surface area contributed by atoms with Crippen LogP contribution >= 0.6 is 0 Å².